The lowest BCUT2D eigenvalue weighted by atomic mass is 10.1. The number of benzene rings is 2. The van der Waals surface area contributed by atoms with Gasteiger partial charge in [0.15, 0.2) is 5.82 Å². The molecule has 1 amide bonds. The van der Waals surface area contributed by atoms with Crippen molar-refractivity contribution in [1.82, 2.24) is 14.8 Å². The summed E-state index contributed by atoms with van der Waals surface area (Å²) >= 11 is 0. The van der Waals surface area contributed by atoms with E-state index in [0.717, 1.165) is 12.8 Å². The van der Waals surface area contributed by atoms with Crippen LogP contribution in [0.1, 0.15) is 52.4 Å². The monoisotopic (exact) mass is 468 g/mol. The molecule has 0 fully saturated rings. The van der Waals surface area contributed by atoms with Gasteiger partial charge in [-0.2, -0.15) is 4.98 Å². The summed E-state index contributed by atoms with van der Waals surface area (Å²) in [7, 11) is 0. The second-order valence-corrected chi connectivity index (χ2v) is 7.94. The lowest BCUT2D eigenvalue weighted by Gasteiger charge is -2.09. The third-order valence-electron chi connectivity index (χ3n) is 5.24. The number of nitrogens with one attached hydrogen (secondary N) is 1. The van der Waals surface area contributed by atoms with Gasteiger partial charge in [-0.15, -0.1) is 5.10 Å². The molecule has 7 nitrogen and oxygen atoms in total. The quantitative estimate of drug-likeness (QED) is 0.303. The minimum Gasteiger partial charge on any atom is -0.460 e. The van der Waals surface area contributed by atoms with Crippen molar-refractivity contribution in [1.29, 1.82) is 0 Å². The van der Waals surface area contributed by atoms with Gasteiger partial charge in [0.25, 0.3) is 0 Å². The maximum absolute atomic E-state index is 13.9. The average molecular weight is 469 g/mol. The van der Waals surface area contributed by atoms with Crippen molar-refractivity contribution in [2.24, 2.45) is 0 Å². The zero-order valence-corrected chi connectivity index (χ0v) is 19.9. The van der Waals surface area contributed by atoms with E-state index in [1.165, 1.54) is 31.4 Å². The maximum atomic E-state index is 13.9. The number of ether oxygens (including phenoxy) is 2. The SMILES string of the molecule is CCCCCCCC(=O)Nc1ccc(-n2nc(OCCOCC)nc2-c2cccc(F)c2)cc1. The summed E-state index contributed by atoms with van der Waals surface area (Å²) in [5.41, 5.74) is 2.00. The van der Waals surface area contributed by atoms with Crippen LogP contribution in [0.2, 0.25) is 0 Å². The zero-order valence-electron chi connectivity index (χ0n) is 19.9. The molecule has 0 unspecified atom stereocenters. The van der Waals surface area contributed by atoms with Crippen molar-refractivity contribution in [2.45, 2.75) is 52.4 Å². The molecule has 1 aromatic heterocycles. The predicted octanol–water partition coefficient (Wildman–Crippen LogP) is 5.79. The Morgan fingerprint density at radius 3 is 2.56 bits per heavy atom. The summed E-state index contributed by atoms with van der Waals surface area (Å²) in [6.45, 7) is 5.42. The van der Waals surface area contributed by atoms with Gasteiger partial charge >= 0.3 is 6.01 Å². The Morgan fingerprint density at radius 2 is 1.82 bits per heavy atom. The van der Waals surface area contributed by atoms with E-state index >= 15 is 0 Å². The van der Waals surface area contributed by atoms with Crippen molar-refractivity contribution in [3.63, 3.8) is 0 Å². The third-order valence-corrected chi connectivity index (χ3v) is 5.24. The number of rotatable bonds is 14. The number of hydrogen-bond acceptors (Lipinski definition) is 5. The molecule has 1 heterocycles. The second kappa shape index (κ2) is 13.4. The van der Waals surface area contributed by atoms with E-state index in [1.807, 2.05) is 31.2 Å². The highest BCUT2D eigenvalue weighted by Gasteiger charge is 2.15. The number of unbranched alkanes of at least 4 members (excludes halogenated alkanes) is 4. The lowest BCUT2D eigenvalue weighted by Crippen LogP contribution is -2.11. The zero-order chi connectivity index (χ0) is 24.2. The van der Waals surface area contributed by atoms with Crippen LogP contribution in [0, 0.1) is 5.82 Å². The minimum absolute atomic E-state index is 0.00967. The van der Waals surface area contributed by atoms with E-state index < -0.39 is 0 Å². The first-order valence-electron chi connectivity index (χ1n) is 11.9. The van der Waals surface area contributed by atoms with Crippen LogP contribution in [-0.4, -0.2) is 40.5 Å². The lowest BCUT2D eigenvalue weighted by molar-refractivity contribution is -0.116. The van der Waals surface area contributed by atoms with E-state index in [-0.39, 0.29) is 17.7 Å². The molecule has 0 aliphatic rings. The van der Waals surface area contributed by atoms with E-state index in [1.54, 1.807) is 16.8 Å². The molecule has 0 bridgehead atoms. The number of nitrogens with zero attached hydrogens (tertiary/aromatic N) is 3. The smallest absolute Gasteiger partial charge is 0.336 e. The van der Waals surface area contributed by atoms with Gasteiger partial charge in [0.05, 0.1) is 12.3 Å². The Morgan fingerprint density at radius 1 is 1.03 bits per heavy atom. The molecule has 0 atom stereocenters. The Hall–Kier alpha value is -3.26. The molecule has 0 radical (unpaired) electrons. The van der Waals surface area contributed by atoms with Crippen LogP contribution >= 0.6 is 0 Å². The molecule has 8 heteroatoms. The number of halogens is 1. The van der Waals surface area contributed by atoms with Crippen molar-refractivity contribution in [3.8, 4) is 23.1 Å². The number of aromatic nitrogens is 3. The molecule has 0 aliphatic carbocycles. The van der Waals surface area contributed by atoms with Gasteiger partial charge in [-0.3, -0.25) is 4.79 Å². The summed E-state index contributed by atoms with van der Waals surface area (Å²) < 4.78 is 26.4. The molecule has 3 rings (SSSR count). The van der Waals surface area contributed by atoms with Crippen LogP contribution < -0.4 is 10.1 Å². The van der Waals surface area contributed by atoms with Crippen LogP contribution in [0.15, 0.2) is 48.5 Å². The molecule has 182 valence electrons. The van der Waals surface area contributed by atoms with E-state index in [0.29, 0.717) is 49.0 Å². The van der Waals surface area contributed by atoms with E-state index in [9.17, 15) is 9.18 Å². The molecular weight excluding hydrogens is 435 g/mol. The van der Waals surface area contributed by atoms with Crippen LogP contribution in [0.25, 0.3) is 17.1 Å². The Labute approximate surface area is 200 Å². The van der Waals surface area contributed by atoms with Crippen molar-refractivity contribution in [2.75, 3.05) is 25.1 Å². The first kappa shape index (κ1) is 25.4. The molecule has 0 spiro atoms. The van der Waals surface area contributed by atoms with Gasteiger partial charge in [0.2, 0.25) is 5.91 Å². The highest BCUT2D eigenvalue weighted by atomic mass is 19.1. The van der Waals surface area contributed by atoms with Crippen molar-refractivity contribution < 1.29 is 18.7 Å². The largest absolute Gasteiger partial charge is 0.460 e. The fourth-order valence-electron chi connectivity index (χ4n) is 3.48. The van der Waals surface area contributed by atoms with Crippen molar-refractivity contribution in [3.05, 3.63) is 54.3 Å². The van der Waals surface area contributed by atoms with Gasteiger partial charge in [0.1, 0.15) is 12.4 Å². The molecule has 0 saturated carbocycles. The molecule has 0 saturated heterocycles. The normalized spacial score (nSPS) is 10.9. The van der Waals surface area contributed by atoms with Gasteiger partial charge < -0.3 is 14.8 Å². The average Bonchev–Trinajstić information content (AvgIpc) is 3.26. The summed E-state index contributed by atoms with van der Waals surface area (Å²) in [6.07, 6.45) is 6.05. The Kier molecular flexibility index (Phi) is 10.0. The Balaban J connectivity index is 1.71. The summed E-state index contributed by atoms with van der Waals surface area (Å²) in [5, 5.41) is 7.40. The van der Waals surface area contributed by atoms with Gasteiger partial charge in [-0.1, -0.05) is 44.7 Å². The predicted molar refractivity (Wildman–Crippen MR) is 131 cm³/mol. The molecule has 34 heavy (non-hydrogen) atoms. The first-order chi connectivity index (χ1) is 16.6. The fraction of sp³-hybridized carbons (Fsp3) is 0.423. The molecule has 0 aliphatic heterocycles. The minimum atomic E-state index is -0.362. The number of anilines is 1. The molecule has 3 aromatic rings. The van der Waals surface area contributed by atoms with Gasteiger partial charge in [-0.25, -0.2) is 9.07 Å². The Bertz CT molecular complexity index is 1040. The van der Waals surface area contributed by atoms with Gasteiger partial charge in [0, 0.05) is 24.3 Å². The van der Waals surface area contributed by atoms with Gasteiger partial charge in [-0.05, 0) is 49.7 Å². The van der Waals surface area contributed by atoms with E-state index in [4.69, 9.17) is 9.47 Å². The standard InChI is InChI=1S/C26H33FN4O3/c1-3-5-6-7-8-12-24(32)28-22-13-15-23(16-14-22)31-25(20-10-9-11-21(27)19-20)29-26(30-31)34-18-17-33-4-2/h9-11,13-16,19H,3-8,12,17-18H2,1-2H3,(H,28,32). The van der Waals surface area contributed by atoms with Crippen LogP contribution in [0.4, 0.5) is 10.1 Å². The highest BCUT2D eigenvalue weighted by Crippen LogP contribution is 2.25. The van der Waals surface area contributed by atoms with Crippen molar-refractivity contribution >= 4 is 11.6 Å². The number of carbonyl (C=O) groups is 1. The number of amides is 1. The van der Waals surface area contributed by atoms with Crippen LogP contribution in [-0.2, 0) is 9.53 Å². The first-order valence-corrected chi connectivity index (χ1v) is 11.9. The van der Waals surface area contributed by atoms with Crippen LogP contribution in [0.3, 0.4) is 0 Å². The van der Waals surface area contributed by atoms with E-state index in [2.05, 4.69) is 22.3 Å². The van der Waals surface area contributed by atoms with Crippen LogP contribution in [0.5, 0.6) is 6.01 Å². The molecular formula is C26H33FN4O3. The third kappa shape index (κ3) is 7.66. The number of carbonyl (C=O) groups excluding carboxylic acids is 1. The maximum Gasteiger partial charge on any atom is 0.336 e. The fourth-order valence-corrected chi connectivity index (χ4v) is 3.48. The highest BCUT2D eigenvalue weighted by molar-refractivity contribution is 5.90. The summed E-state index contributed by atoms with van der Waals surface area (Å²) in [5.74, 6) is 0.101. The molecule has 1 N–H and O–H groups in total. The topological polar surface area (TPSA) is 78.3 Å². The molecule has 2 aromatic carbocycles. The summed E-state index contributed by atoms with van der Waals surface area (Å²) in [4.78, 5) is 16.7. The second-order valence-electron chi connectivity index (χ2n) is 7.94. The number of hydrogen-bond donors (Lipinski definition) is 1. The summed E-state index contributed by atoms with van der Waals surface area (Å²) in [6, 6.07) is 13.7.